The number of rotatable bonds is 5. The van der Waals surface area contributed by atoms with Crippen LogP contribution in [0.2, 0.25) is 10.0 Å². The van der Waals surface area contributed by atoms with E-state index >= 15 is 0 Å². The average molecular weight is 447 g/mol. The minimum atomic E-state index is -0.966. The van der Waals surface area contributed by atoms with Crippen molar-refractivity contribution < 1.29 is 14.7 Å². The van der Waals surface area contributed by atoms with E-state index in [1.54, 1.807) is 24.3 Å². The second-order valence-corrected chi connectivity index (χ2v) is 8.78. The highest BCUT2D eigenvalue weighted by Crippen LogP contribution is 2.43. The van der Waals surface area contributed by atoms with E-state index in [1.807, 2.05) is 12.1 Å². The van der Waals surface area contributed by atoms with Crippen molar-refractivity contribution in [3.05, 3.63) is 57.6 Å². The van der Waals surface area contributed by atoms with Crippen LogP contribution >= 0.6 is 23.2 Å². The van der Waals surface area contributed by atoms with Crippen molar-refractivity contribution in [3.63, 3.8) is 0 Å². The Morgan fingerprint density at radius 3 is 2.20 bits per heavy atom. The Bertz CT molecular complexity index is 932. The van der Waals surface area contributed by atoms with Gasteiger partial charge in [-0.05, 0) is 67.7 Å². The first kappa shape index (κ1) is 21.2. The molecule has 7 heteroatoms. The van der Waals surface area contributed by atoms with Crippen molar-refractivity contribution in [2.75, 3.05) is 19.6 Å². The van der Waals surface area contributed by atoms with E-state index in [4.69, 9.17) is 28.3 Å². The molecule has 4 rings (SSSR count). The summed E-state index contributed by atoms with van der Waals surface area (Å²) in [6.07, 6.45) is 4.18. The van der Waals surface area contributed by atoms with Gasteiger partial charge in [0, 0.05) is 28.2 Å². The van der Waals surface area contributed by atoms with Crippen LogP contribution in [0.15, 0.2) is 36.4 Å². The van der Waals surface area contributed by atoms with Crippen LogP contribution in [0.25, 0.3) is 11.1 Å². The van der Waals surface area contributed by atoms with Crippen molar-refractivity contribution in [1.29, 1.82) is 0 Å². The number of carbonyl (C=O) groups excluding carboxylic acids is 1. The second-order valence-electron chi connectivity index (χ2n) is 7.96. The molecule has 2 aromatic rings. The number of benzene rings is 2. The topological polar surface area (TPSA) is 69.6 Å². The van der Waals surface area contributed by atoms with Crippen LogP contribution in [0.5, 0.6) is 0 Å². The number of likely N-dealkylation sites (tertiary alicyclic amines) is 1. The monoisotopic (exact) mass is 446 g/mol. The summed E-state index contributed by atoms with van der Waals surface area (Å²) in [5.41, 5.74) is 2.70. The normalized spacial score (nSPS) is 20.7. The third kappa shape index (κ3) is 4.20. The Hall–Kier alpha value is -2.08. The van der Waals surface area contributed by atoms with Gasteiger partial charge in [0.2, 0.25) is 5.91 Å². The van der Waals surface area contributed by atoms with E-state index in [1.165, 1.54) is 6.42 Å². The number of nitrogens with zero attached hydrogens (tertiary/aromatic N) is 1. The molecule has 0 bridgehead atoms. The van der Waals surface area contributed by atoms with Gasteiger partial charge < -0.3 is 10.4 Å². The first-order valence-corrected chi connectivity index (χ1v) is 11.1. The molecule has 2 aliphatic heterocycles. The van der Waals surface area contributed by atoms with Gasteiger partial charge in [-0.2, -0.15) is 0 Å². The maximum atomic E-state index is 12.6. The van der Waals surface area contributed by atoms with Gasteiger partial charge >= 0.3 is 5.97 Å². The lowest BCUT2D eigenvalue weighted by atomic mass is 9.87. The van der Waals surface area contributed by atoms with Gasteiger partial charge in [0.15, 0.2) is 0 Å². The van der Waals surface area contributed by atoms with Gasteiger partial charge in [0.25, 0.3) is 0 Å². The molecular weight excluding hydrogens is 423 g/mol. The van der Waals surface area contributed by atoms with Gasteiger partial charge in [0.05, 0.1) is 11.5 Å². The molecule has 1 amide bonds. The van der Waals surface area contributed by atoms with Crippen molar-refractivity contribution in [3.8, 4) is 11.1 Å². The third-order valence-corrected chi connectivity index (χ3v) is 6.72. The summed E-state index contributed by atoms with van der Waals surface area (Å²) in [5, 5.41) is 13.1. The smallest absolute Gasteiger partial charge is 0.335 e. The highest BCUT2D eigenvalue weighted by atomic mass is 35.5. The molecule has 2 heterocycles. The number of carbonyl (C=O) groups is 2. The Kier molecular flexibility index (Phi) is 6.32. The molecule has 0 saturated carbocycles. The molecule has 158 valence electrons. The number of piperidine rings is 1. The Labute approximate surface area is 186 Å². The fourth-order valence-corrected chi connectivity index (χ4v) is 5.30. The van der Waals surface area contributed by atoms with E-state index in [0.717, 1.165) is 49.0 Å². The first-order chi connectivity index (χ1) is 14.5. The summed E-state index contributed by atoms with van der Waals surface area (Å²) in [6, 6.07) is 10.2. The summed E-state index contributed by atoms with van der Waals surface area (Å²) >= 11 is 13.5. The number of halogens is 2. The molecule has 2 unspecified atom stereocenters. The Balaban J connectivity index is 1.72. The second kappa shape index (κ2) is 8.96. The minimum absolute atomic E-state index is 0.0612. The van der Waals surface area contributed by atoms with Crippen LogP contribution in [-0.4, -0.2) is 41.5 Å². The SMILES string of the molecule is O=C(O)c1ccc(-c2cc(Cl)c(C(C3CCNC3=O)N3CCCCC3)c(Cl)c2)cc1. The van der Waals surface area contributed by atoms with E-state index in [0.29, 0.717) is 16.6 Å². The molecule has 2 fully saturated rings. The summed E-state index contributed by atoms with van der Waals surface area (Å²) < 4.78 is 0. The lowest BCUT2D eigenvalue weighted by molar-refractivity contribution is -0.124. The lowest BCUT2D eigenvalue weighted by Crippen LogP contribution is -2.40. The van der Waals surface area contributed by atoms with Crippen molar-refractivity contribution >= 4 is 35.1 Å². The molecule has 0 radical (unpaired) electrons. The number of carboxylic acid groups (broad SMARTS) is 1. The Morgan fingerprint density at radius 2 is 1.67 bits per heavy atom. The van der Waals surface area contributed by atoms with Gasteiger partial charge in [-0.25, -0.2) is 4.79 Å². The molecule has 0 spiro atoms. The Morgan fingerprint density at radius 1 is 1.03 bits per heavy atom. The molecule has 0 aliphatic carbocycles. The molecule has 0 aromatic heterocycles. The van der Waals surface area contributed by atoms with Crippen molar-refractivity contribution in [1.82, 2.24) is 10.2 Å². The molecular formula is C23H24Cl2N2O3. The minimum Gasteiger partial charge on any atom is -0.478 e. The molecule has 2 aliphatic rings. The summed E-state index contributed by atoms with van der Waals surface area (Å²) in [5.74, 6) is -1.07. The maximum absolute atomic E-state index is 12.6. The van der Waals surface area contributed by atoms with Crippen LogP contribution in [0.3, 0.4) is 0 Å². The van der Waals surface area contributed by atoms with Crippen molar-refractivity contribution in [2.24, 2.45) is 5.92 Å². The lowest BCUT2D eigenvalue weighted by Gasteiger charge is -2.38. The standard InChI is InChI=1S/C23H24Cl2N2O3/c24-18-12-16(14-4-6-15(7-5-14)23(29)30)13-19(25)20(18)21(17-8-9-26-22(17)28)27-10-2-1-3-11-27/h4-7,12-13,17,21H,1-3,8-11H2,(H,26,28)(H,29,30). The molecule has 2 aromatic carbocycles. The summed E-state index contributed by atoms with van der Waals surface area (Å²) in [6.45, 7) is 2.54. The van der Waals surface area contributed by atoms with Crippen LogP contribution in [-0.2, 0) is 4.79 Å². The number of aromatic carboxylic acids is 1. The van der Waals surface area contributed by atoms with Crippen LogP contribution in [0, 0.1) is 5.92 Å². The maximum Gasteiger partial charge on any atom is 0.335 e. The predicted molar refractivity (Wildman–Crippen MR) is 118 cm³/mol. The highest BCUT2D eigenvalue weighted by molar-refractivity contribution is 6.36. The number of hydrogen-bond donors (Lipinski definition) is 2. The zero-order valence-corrected chi connectivity index (χ0v) is 18.0. The number of hydrogen-bond acceptors (Lipinski definition) is 3. The largest absolute Gasteiger partial charge is 0.478 e. The van der Waals surface area contributed by atoms with Crippen LogP contribution in [0.4, 0.5) is 0 Å². The summed E-state index contributed by atoms with van der Waals surface area (Å²) in [7, 11) is 0. The molecule has 2 atom stereocenters. The fraction of sp³-hybridized carbons (Fsp3) is 0.391. The average Bonchev–Trinajstić information content (AvgIpc) is 3.16. The van der Waals surface area contributed by atoms with E-state index in [2.05, 4.69) is 10.2 Å². The molecule has 30 heavy (non-hydrogen) atoms. The number of carboxylic acids is 1. The van der Waals surface area contributed by atoms with Crippen molar-refractivity contribution in [2.45, 2.75) is 31.7 Å². The number of nitrogens with one attached hydrogen (secondary N) is 1. The van der Waals surface area contributed by atoms with Crippen LogP contribution in [0.1, 0.15) is 47.6 Å². The number of amides is 1. The van der Waals surface area contributed by atoms with Gasteiger partial charge in [-0.1, -0.05) is 41.8 Å². The molecule has 2 N–H and O–H groups in total. The van der Waals surface area contributed by atoms with E-state index < -0.39 is 5.97 Å². The molecule has 5 nitrogen and oxygen atoms in total. The first-order valence-electron chi connectivity index (χ1n) is 10.3. The van der Waals surface area contributed by atoms with Gasteiger partial charge in [-0.15, -0.1) is 0 Å². The zero-order valence-electron chi connectivity index (χ0n) is 16.5. The molecule has 2 saturated heterocycles. The fourth-order valence-electron chi connectivity index (χ4n) is 4.59. The van der Waals surface area contributed by atoms with E-state index in [9.17, 15) is 9.59 Å². The third-order valence-electron chi connectivity index (χ3n) is 6.10. The zero-order chi connectivity index (χ0) is 21.3. The summed E-state index contributed by atoms with van der Waals surface area (Å²) in [4.78, 5) is 26.0. The van der Waals surface area contributed by atoms with Gasteiger partial charge in [0.1, 0.15) is 0 Å². The predicted octanol–water partition coefficient (Wildman–Crippen LogP) is 5.02. The quantitative estimate of drug-likeness (QED) is 0.675. The van der Waals surface area contributed by atoms with Crippen LogP contribution < -0.4 is 5.32 Å². The highest BCUT2D eigenvalue weighted by Gasteiger charge is 2.39. The van der Waals surface area contributed by atoms with E-state index in [-0.39, 0.29) is 23.4 Å². The van der Waals surface area contributed by atoms with Gasteiger partial charge in [-0.3, -0.25) is 9.69 Å².